The SMILES string of the molecule is CCCNC(C)c1ccc(-c2cnn(C)c2)cc1Cl. The first-order valence-electron chi connectivity index (χ1n) is 6.63. The molecule has 1 aromatic carbocycles. The number of nitrogens with one attached hydrogen (secondary N) is 1. The van der Waals surface area contributed by atoms with Gasteiger partial charge in [0.2, 0.25) is 0 Å². The highest BCUT2D eigenvalue weighted by Crippen LogP contribution is 2.28. The Morgan fingerprint density at radius 3 is 2.74 bits per heavy atom. The normalized spacial score (nSPS) is 12.6. The van der Waals surface area contributed by atoms with Crippen LogP contribution in [0.15, 0.2) is 30.6 Å². The van der Waals surface area contributed by atoms with Crippen LogP contribution in [0.4, 0.5) is 0 Å². The van der Waals surface area contributed by atoms with Crippen LogP contribution in [0.5, 0.6) is 0 Å². The summed E-state index contributed by atoms with van der Waals surface area (Å²) in [5.74, 6) is 0. The zero-order chi connectivity index (χ0) is 13.8. The molecule has 0 saturated carbocycles. The van der Waals surface area contributed by atoms with Crippen molar-refractivity contribution in [2.45, 2.75) is 26.3 Å². The third-order valence-electron chi connectivity index (χ3n) is 3.21. The van der Waals surface area contributed by atoms with Gasteiger partial charge in [0.15, 0.2) is 0 Å². The second kappa shape index (κ2) is 6.22. The van der Waals surface area contributed by atoms with E-state index >= 15 is 0 Å². The van der Waals surface area contributed by atoms with Gasteiger partial charge in [-0.15, -0.1) is 0 Å². The van der Waals surface area contributed by atoms with Crippen molar-refractivity contribution < 1.29 is 0 Å². The van der Waals surface area contributed by atoms with E-state index in [2.05, 4.69) is 36.4 Å². The highest BCUT2D eigenvalue weighted by Gasteiger charge is 2.10. The van der Waals surface area contributed by atoms with Gasteiger partial charge in [0.1, 0.15) is 0 Å². The Kier molecular flexibility index (Phi) is 4.61. The lowest BCUT2D eigenvalue weighted by Gasteiger charge is -2.15. The topological polar surface area (TPSA) is 29.9 Å². The summed E-state index contributed by atoms with van der Waals surface area (Å²) in [5, 5.41) is 8.44. The van der Waals surface area contributed by atoms with Crippen molar-refractivity contribution in [3.63, 3.8) is 0 Å². The van der Waals surface area contributed by atoms with E-state index in [0.717, 1.165) is 34.7 Å². The van der Waals surface area contributed by atoms with Gasteiger partial charge in [0, 0.05) is 29.9 Å². The van der Waals surface area contributed by atoms with Gasteiger partial charge in [0.25, 0.3) is 0 Å². The largest absolute Gasteiger partial charge is 0.310 e. The Bertz CT molecular complexity index is 548. The number of aromatic nitrogens is 2. The molecule has 2 aromatic rings. The van der Waals surface area contributed by atoms with Crippen LogP contribution < -0.4 is 5.32 Å². The second-order valence-corrected chi connectivity index (χ2v) is 5.22. The maximum Gasteiger partial charge on any atom is 0.0568 e. The number of hydrogen-bond acceptors (Lipinski definition) is 2. The van der Waals surface area contributed by atoms with Crippen LogP contribution in [0.1, 0.15) is 31.9 Å². The Balaban J connectivity index is 2.21. The highest BCUT2D eigenvalue weighted by atomic mass is 35.5. The van der Waals surface area contributed by atoms with Crippen LogP contribution in [0.25, 0.3) is 11.1 Å². The first-order valence-corrected chi connectivity index (χ1v) is 7.01. The molecule has 3 nitrogen and oxygen atoms in total. The van der Waals surface area contributed by atoms with E-state index in [9.17, 15) is 0 Å². The molecule has 0 fully saturated rings. The molecule has 1 atom stereocenters. The van der Waals surface area contributed by atoms with Gasteiger partial charge in [0.05, 0.1) is 6.20 Å². The molecule has 1 heterocycles. The number of hydrogen-bond donors (Lipinski definition) is 1. The molecule has 2 rings (SSSR count). The molecule has 0 radical (unpaired) electrons. The van der Waals surface area contributed by atoms with Gasteiger partial charge < -0.3 is 5.32 Å². The predicted octanol–water partition coefficient (Wildman–Crippen LogP) is 3.80. The van der Waals surface area contributed by atoms with E-state index in [1.165, 1.54) is 0 Å². The number of halogens is 1. The number of rotatable bonds is 5. The first kappa shape index (κ1) is 14.1. The number of aryl methyl sites for hydroxylation is 1. The minimum absolute atomic E-state index is 0.274. The van der Waals surface area contributed by atoms with Crippen LogP contribution in [0.3, 0.4) is 0 Å². The van der Waals surface area contributed by atoms with Crippen molar-refractivity contribution in [2.75, 3.05) is 6.54 Å². The zero-order valence-corrected chi connectivity index (χ0v) is 12.4. The Labute approximate surface area is 119 Å². The van der Waals surface area contributed by atoms with Gasteiger partial charge >= 0.3 is 0 Å². The first-order chi connectivity index (χ1) is 9.11. The van der Waals surface area contributed by atoms with Crippen molar-refractivity contribution in [3.8, 4) is 11.1 Å². The second-order valence-electron chi connectivity index (χ2n) is 4.81. The van der Waals surface area contributed by atoms with Crippen LogP contribution in [-0.4, -0.2) is 16.3 Å². The molecule has 4 heteroatoms. The summed E-state index contributed by atoms with van der Waals surface area (Å²) in [6, 6.07) is 6.48. The Morgan fingerprint density at radius 2 is 2.16 bits per heavy atom. The molecule has 0 aliphatic rings. The van der Waals surface area contributed by atoms with Crippen molar-refractivity contribution >= 4 is 11.6 Å². The fourth-order valence-corrected chi connectivity index (χ4v) is 2.44. The molecule has 0 saturated heterocycles. The quantitative estimate of drug-likeness (QED) is 0.901. The van der Waals surface area contributed by atoms with Crippen molar-refractivity contribution in [2.24, 2.45) is 7.05 Å². The van der Waals surface area contributed by atoms with Crippen LogP contribution >= 0.6 is 11.6 Å². The van der Waals surface area contributed by atoms with E-state index in [1.54, 1.807) is 4.68 Å². The van der Waals surface area contributed by atoms with Crippen molar-refractivity contribution in [1.29, 1.82) is 0 Å². The van der Waals surface area contributed by atoms with E-state index in [4.69, 9.17) is 11.6 Å². The maximum atomic E-state index is 6.39. The molecule has 0 bridgehead atoms. The fraction of sp³-hybridized carbons (Fsp3) is 0.400. The molecular formula is C15H20ClN3. The van der Waals surface area contributed by atoms with Gasteiger partial charge in [-0.25, -0.2) is 0 Å². The number of benzene rings is 1. The van der Waals surface area contributed by atoms with Gasteiger partial charge in [-0.2, -0.15) is 5.10 Å². The molecule has 0 spiro atoms. The minimum atomic E-state index is 0.274. The summed E-state index contributed by atoms with van der Waals surface area (Å²) in [6.45, 7) is 5.30. The lowest BCUT2D eigenvalue weighted by molar-refractivity contribution is 0.571. The third-order valence-corrected chi connectivity index (χ3v) is 3.53. The third kappa shape index (κ3) is 3.37. The monoisotopic (exact) mass is 277 g/mol. The van der Waals surface area contributed by atoms with Gasteiger partial charge in [-0.05, 0) is 37.1 Å². The summed E-state index contributed by atoms with van der Waals surface area (Å²) in [6.07, 6.45) is 4.96. The van der Waals surface area contributed by atoms with Crippen LogP contribution in [0.2, 0.25) is 5.02 Å². The lowest BCUT2D eigenvalue weighted by atomic mass is 10.0. The summed E-state index contributed by atoms with van der Waals surface area (Å²) >= 11 is 6.39. The number of nitrogens with zero attached hydrogens (tertiary/aromatic N) is 2. The summed E-state index contributed by atoms with van der Waals surface area (Å²) in [5.41, 5.74) is 3.33. The minimum Gasteiger partial charge on any atom is -0.310 e. The zero-order valence-electron chi connectivity index (χ0n) is 11.7. The summed E-state index contributed by atoms with van der Waals surface area (Å²) in [4.78, 5) is 0. The Hall–Kier alpha value is -1.32. The average molecular weight is 278 g/mol. The maximum absolute atomic E-state index is 6.39. The smallest absolute Gasteiger partial charge is 0.0568 e. The average Bonchev–Trinajstić information content (AvgIpc) is 2.82. The fourth-order valence-electron chi connectivity index (χ4n) is 2.10. The molecule has 102 valence electrons. The Morgan fingerprint density at radius 1 is 1.37 bits per heavy atom. The molecule has 0 aliphatic heterocycles. The molecule has 1 N–H and O–H groups in total. The van der Waals surface area contributed by atoms with E-state index in [0.29, 0.717) is 0 Å². The molecule has 1 unspecified atom stereocenters. The molecule has 1 aromatic heterocycles. The summed E-state index contributed by atoms with van der Waals surface area (Å²) in [7, 11) is 1.91. The van der Waals surface area contributed by atoms with Gasteiger partial charge in [-0.1, -0.05) is 30.7 Å². The molecule has 19 heavy (non-hydrogen) atoms. The predicted molar refractivity (Wildman–Crippen MR) is 80.4 cm³/mol. The van der Waals surface area contributed by atoms with Crippen LogP contribution in [0, 0.1) is 0 Å². The van der Waals surface area contributed by atoms with E-state index < -0.39 is 0 Å². The molecule has 0 amide bonds. The standard InChI is InChI=1S/C15H20ClN3/c1-4-7-17-11(2)14-6-5-12(8-15(14)16)13-9-18-19(3)10-13/h5-6,8-11,17H,4,7H2,1-3H3. The van der Waals surface area contributed by atoms with E-state index in [1.807, 2.05) is 25.5 Å². The van der Waals surface area contributed by atoms with E-state index in [-0.39, 0.29) is 6.04 Å². The van der Waals surface area contributed by atoms with Crippen molar-refractivity contribution in [1.82, 2.24) is 15.1 Å². The summed E-state index contributed by atoms with van der Waals surface area (Å²) < 4.78 is 1.79. The van der Waals surface area contributed by atoms with Crippen LogP contribution in [-0.2, 0) is 7.05 Å². The molecule has 0 aliphatic carbocycles. The van der Waals surface area contributed by atoms with Crippen molar-refractivity contribution in [3.05, 3.63) is 41.2 Å². The lowest BCUT2D eigenvalue weighted by Crippen LogP contribution is -2.19. The highest BCUT2D eigenvalue weighted by molar-refractivity contribution is 6.31. The van der Waals surface area contributed by atoms with Gasteiger partial charge in [-0.3, -0.25) is 4.68 Å². The molecular weight excluding hydrogens is 258 g/mol.